The Morgan fingerprint density at radius 1 is 0.804 bits per heavy atom. The number of nitrogens with zero attached hydrogens (tertiary/aromatic N) is 2. The molecular weight excluding hydrogens is 591 g/mol. The lowest BCUT2D eigenvalue weighted by atomic mass is 9.36. The Morgan fingerprint density at radius 2 is 1.54 bits per heavy atom. The zero-order valence-electron chi connectivity index (χ0n) is 27.9. The fourth-order valence-corrected chi connectivity index (χ4v) is 16.1. The van der Waals surface area contributed by atoms with Crippen molar-refractivity contribution >= 4 is 80.6 Å². The quantitative estimate of drug-likeness (QED) is 0.179. The molecule has 5 heterocycles. The fourth-order valence-electron chi connectivity index (χ4n) is 10.4. The van der Waals surface area contributed by atoms with Crippen LogP contribution in [0.3, 0.4) is 0 Å². The predicted molar refractivity (Wildman–Crippen MR) is 203 cm³/mol. The van der Waals surface area contributed by atoms with Crippen molar-refractivity contribution in [3.05, 3.63) is 96.1 Å². The highest BCUT2D eigenvalue weighted by atomic mass is 32.1. The minimum Gasteiger partial charge on any atom is -0.335 e. The molecule has 2 atom stereocenters. The van der Waals surface area contributed by atoms with Gasteiger partial charge in [-0.25, -0.2) is 0 Å². The molecular formula is C41H41BN2SSi. The Bertz CT molecular complexity index is 2130. The molecule has 0 radical (unpaired) electrons. The van der Waals surface area contributed by atoms with Crippen molar-refractivity contribution in [3.8, 4) is 10.4 Å². The van der Waals surface area contributed by atoms with E-state index in [9.17, 15) is 0 Å². The molecule has 5 aliphatic rings. The van der Waals surface area contributed by atoms with E-state index in [0.717, 1.165) is 0 Å². The van der Waals surface area contributed by atoms with Crippen LogP contribution in [0.1, 0.15) is 70.4 Å². The minimum absolute atomic E-state index is 0.0683. The number of fused-ring (bicyclic) bond motifs is 11. The first-order chi connectivity index (χ1) is 22.2. The van der Waals surface area contributed by atoms with Gasteiger partial charge in [0.05, 0.1) is 11.2 Å². The van der Waals surface area contributed by atoms with Crippen LogP contribution in [0.15, 0.2) is 84.9 Å². The Labute approximate surface area is 279 Å². The summed E-state index contributed by atoms with van der Waals surface area (Å²) in [6.45, 7) is 15.2. The van der Waals surface area contributed by atoms with Crippen LogP contribution >= 0.6 is 11.3 Å². The summed E-state index contributed by atoms with van der Waals surface area (Å²) >= 11 is 2.10. The molecule has 0 saturated heterocycles. The van der Waals surface area contributed by atoms with Crippen molar-refractivity contribution in [2.24, 2.45) is 0 Å². The number of anilines is 5. The van der Waals surface area contributed by atoms with Gasteiger partial charge in [0, 0.05) is 37.8 Å². The molecule has 1 aliphatic carbocycles. The van der Waals surface area contributed by atoms with E-state index in [1.807, 2.05) is 0 Å². The summed E-state index contributed by atoms with van der Waals surface area (Å²) in [5.41, 5.74) is 14.8. The van der Waals surface area contributed by atoms with Gasteiger partial charge in [0.2, 0.25) is 0 Å². The summed E-state index contributed by atoms with van der Waals surface area (Å²) in [4.78, 5) is 7.06. The third-order valence-electron chi connectivity index (χ3n) is 13.0. The molecule has 1 aromatic heterocycles. The Balaban J connectivity index is 1.32. The van der Waals surface area contributed by atoms with Crippen LogP contribution in [-0.2, 0) is 5.41 Å². The van der Waals surface area contributed by atoms with Gasteiger partial charge in [-0.05, 0) is 87.9 Å². The van der Waals surface area contributed by atoms with Gasteiger partial charge < -0.3 is 9.80 Å². The smallest absolute Gasteiger partial charge is 0.264 e. The van der Waals surface area contributed by atoms with Crippen LogP contribution in [0.2, 0.25) is 13.1 Å². The molecule has 5 aromatic rings. The average molecular weight is 633 g/mol. The maximum Gasteiger partial charge on any atom is 0.264 e. The second-order valence-electron chi connectivity index (χ2n) is 15.8. The van der Waals surface area contributed by atoms with Crippen LogP contribution in [0.25, 0.3) is 10.4 Å². The third-order valence-corrected chi connectivity index (χ3v) is 18.0. The molecule has 5 heteroatoms. The Morgan fingerprint density at radius 3 is 2.35 bits per heavy atom. The number of thiophene rings is 1. The van der Waals surface area contributed by atoms with Crippen molar-refractivity contribution in [2.45, 2.75) is 83.3 Å². The lowest BCUT2D eigenvalue weighted by Gasteiger charge is -2.52. The average Bonchev–Trinajstić information content (AvgIpc) is 3.63. The van der Waals surface area contributed by atoms with Crippen LogP contribution in [-0.4, -0.2) is 20.3 Å². The number of benzene rings is 4. The molecule has 228 valence electrons. The maximum absolute atomic E-state index is 2.84. The zero-order chi connectivity index (χ0) is 31.3. The van der Waals surface area contributed by atoms with Gasteiger partial charge >= 0.3 is 0 Å². The molecule has 0 amide bonds. The van der Waals surface area contributed by atoms with E-state index in [1.54, 1.807) is 20.7 Å². The molecule has 0 spiro atoms. The number of para-hydroxylation sites is 1. The van der Waals surface area contributed by atoms with E-state index in [-0.39, 0.29) is 17.7 Å². The first-order valence-corrected chi connectivity index (χ1v) is 21.2. The zero-order valence-corrected chi connectivity index (χ0v) is 29.7. The standard InChI is InChI=1S/C41H41BN2SSi/c1-25(2)26-19-21-27(22-20-26)43-31-16-12-17-32-34(31)42(39-36(43)38-37(45-39)28-13-7-8-18-33(28)46(38,5)6)30-15-11-14-29-35(30)44(32)41(4)24-10-9-23-40(29,41)3/h7-8,11-22,25H,9-10,23-24H2,1-6H3. The minimum atomic E-state index is -1.97. The Kier molecular flexibility index (Phi) is 5.32. The highest BCUT2D eigenvalue weighted by Gasteiger charge is 2.61. The normalized spacial score (nSPS) is 23.9. The van der Waals surface area contributed by atoms with Crippen molar-refractivity contribution in [3.63, 3.8) is 0 Å². The van der Waals surface area contributed by atoms with Gasteiger partial charge in [-0.15, -0.1) is 11.3 Å². The molecule has 46 heavy (non-hydrogen) atoms. The van der Waals surface area contributed by atoms with Gasteiger partial charge in [0.1, 0.15) is 8.07 Å². The van der Waals surface area contributed by atoms with Crippen LogP contribution in [0.4, 0.5) is 28.4 Å². The monoisotopic (exact) mass is 632 g/mol. The number of rotatable bonds is 2. The largest absolute Gasteiger partial charge is 0.335 e. The summed E-state index contributed by atoms with van der Waals surface area (Å²) in [5.74, 6) is 0.512. The second-order valence-corrected chi connectivity index (χ2v) is 21.1. The molecule has 4 aromatic carbocycles. The summed E-state index contributed by atoms with van der Waals surface area (Å²) in [6, 6.07) is 33.4. The van der Waals surface area contributed by atoms with Gasteiger partial charge in [-0.1, -0.05) is 107 Å². The van der Waals surface area contributed by atoms with Gasteiger partial charge in [0.15, 0.2) is 0 Å². The molecule has 0 bridgehead atoms. The molecule has 2 unspecified atom stereocenters. The SMILES string of the molecule is CC(C)c1ccc(N2c3cccc4c3B(c3cccc5c3N4C3(C)CCCCC53C)c3sc4c(c32)[Si](C)(C)c2ccccc2-4)cc1. The maximum atomic E-state index is 2.84. The molecule has 1 saturated carbocycles. The van der Waals surface area contributed by atoms with Gasteiger partial charge in [-0.2, -0.15) is 0 Å². The van der Waals surface area contributed by atoms with Crippen LogP contribution < -0.4 is 35.9 Å². The second kappa shape index (κ2) is 8.87. The summed E-state index contributed by atoms with van der Waals surface area (Å²) in [5, 5.41) is 3.23. The van der Waals surface area contributed by atoms with E-state index < -0.39 is 8.07 Å². The van der Waals surface area contributed by atoms with E-state index in [4.69, 9.17) is 0 Å². The van der Waals surface area contributed by atoms with Crippen molar-refractivity contribution in [1.82, 2.24) is 0 Å². The topological polar surface area (TPSA) is 6.48 Å². The highest BCUT2D eigenvalue weighted by molar-refractivity contribution is 7.34. The van der Waals surface area contributed by atoms with E-state index >= 15 is 0 Å². The number of hydrogen-bond donors (Lipinski definition) is 0. The van der Waals surface area contributed by atoms with Crippen molar-refractivity contribution < 1.29 is 0 Å². The van der Waals surface area contributed by atoms with Crippen LogP contribution in [0.5, 0.6) is 0 Å². The summed E-state index contributed by atoms with van der Waals surface area (Å²) < 4.78 is 1.55. The molecule has 10 rings (SSSR count). The summed E-state index contributed by atoms with van der Waals surface area (Å²) in [6.07, 6.45) is 5.13. The van der Waals surface area contributed by atoms with Gasteiger partial charge in [-0.3, -0.25) is 0 Å². The van der Waals surface area contributed by atoms with E-state index in [0.29, 0.717) is 5.92 Å². The van der Waals surface area contributed by atoms with Crippen molar-refractivity contribution in [1.29, 1.82) is 0 Å². The first-order valence-electron chi connectivity index (χ1n) is 17.4. The molecule has 1 fully saturated rings. The number of hydrogen-bond acceptors (Lipinski definition) is 3. The Hall–Kier alpha value is -3.54. The lowest BCUT2D eigenvalue weighted by molar-refractivity contribution is 0.195. The molecule has 4 aliphatic heterocycles. The van der Waals surface area contributed by atoms with E-state index in [2.05, 4.69) is 147 Å². The highest BCUT2D eigenvalue weighted by Crippen LogP contribution is 2.61. The van der Waals surface area contributed by atoms with Gasteiger partial charge in [0.25, 0.3) is 6.71 Å². The van der Waals surface area contributed by atoms with Crippen molar-refractivity contribution in [2.75, 3.05) is 9.80 Å². The first kappa shape index (κ1) is 27.6. The molecule has 0 N–H and O–H groups in total. The van der Waals surface area contributed by atoms with Crippen LogP contribution in [0, 0.1) is 0 Å². The molecule has 2 nitrogen and oxygen atoms in total. The lowest BCUT2D eigenvalue weighted by Crippen LogP contribution is -2.64. The summed E-state index contributed by atoms with van der Waals surface area (Å²) in [7, 11) is -1.97. The predicted octanol–water partition coefficient (Wildman–Crippen LogP) is 8.03. The third kappa shape index (κ3) is 3.06. The fraction of sp³-hybridized carbons (Fsp3) is 0.317. The van der Waals surface area contributed by atoms with E-state index in [1.165, 1.54) is 81.0 Å².